The number of carboxylic acids is 1. The van der Waals surface area contributed by atoms with Crippen LogP contribution in [-0.2, 0) is 27.8 Å². The van der Waals surface area contributed by atoms with Crippen molar-refractivity contribution >= 4 is 5.97 Å². The van der Waals surface area contributed by atoms with Crippen LogP contribution in [0.25, 0.3) is 0 Å². The number of methoxy groups -OCH3 is 1. The highest BCUT2D eigenvalue weighted by molar-refractivity contribution is 5.75. The van der Waals surface area contributed by atoms with Gasteiger partial charge in [-0.25, -0.2) is 9.18 Å². The average molecular weight is 514 g/mol. The Morgan fingerprint density at radius 2 is 1.92 bits per heavy atom. The van der Waals surface area contributed by atoms with E-state index in [1.54, 1.807) is 12.1 Å². The van der Waals surface area contributed by atoms with Crippen LogP contribution in [0.5, 0.6) is 5.75 Å². The Balaban J connectivity index is 1.60. The molecule has 6 heteroatoms. The summed E-state index contributed by atoms with van der Waals surface area (Å²) in [6, 6.07) is 13.2. The summed E-state index contributed by atoms with van der Waals surface area (Å²) in [7, 11) is 1.47. The molecule has 1 aliphatic carbocycles. The summed E-state index contributed by atoms with van der Waals surface area (Å²) >= 11 is 0. The average Bonchev–Trinajstić information content (AvgIpc) is 2.87. The molecule has 0 saturated carbocycles. The largest absolute Gasteiger partial charge is 0.494 e. The molecule has 2 aromatic carbocycles. The van der Waals surface area contributed by atoms with Gasteiger partial charge in [0.05, 0.1) is 6.61 Å². The maximum Gasteiger partial charge on any atom is 0.333 e. The first-order valence-corrected chi connectivity index (χ1v) is 13.8. The number of hydrogen-bond acceptors (Lipinski definition) is 4. The van der Waals surface area contributed by atoms with Gasteiger partial charge in [0.25, 0.3) is 0 Å². The summed E-state index contributed by atoms with van der Waals surface area (Å²) in [6.45, 7) is 8.74. The predicted molar refractivity (Wildman–Crippen MR) is 146 cm³/mol. The molecule has 0 aromatic heterocycles. The van der Waals surface area contributed by atoms with E-state index in [1.807, 2.05) is 12.1 Å². The van der Waals surface area contributed by atoms with Gasteiger partial charge in [0, 0.05) is 12.5 Å². The van der Waals surface area contributed by atoms with Crippen molar-refractivity contribution in [1.82, 2.24) is 5.32 Å². The Kier molecular flexibility index (Phi) is 11.0. The van der Waals surface area contributed by atoms with Crippen molar-refractivity contribution in [1.29, 1.82) is 0 Å². The number of aryl methyl sites for hydroxylation is 2. The number of ether oxygens (including phenoxy) is 2. The molecule has 0 bridgehead atoms. The molecule has 0 heterocycles. The topological polar surface area (TPSA) is 67.8 Å². The van der Waals surface area contributed by atoms with E-state index < -0.39 is 17.5 Å². The number of carboxylic acid groups (broad SMARTS) is 1. The first-order valence-electron chi connectivity index (χ1n) is 13.8. The van der Waals surface area contributed by atoms with Gasteiger partial charge in [0.2, 0.25) is 0 Å². The van der Waals surface area contributed by atoms with Crippen LogP contribution >= 0.6 is 0 Å². The number of aliphatic carboxylic acids is 1. The number of rotatable bonds is 15. The Morgan fingerprint density at radius 3 is 2.57 bits per heavy atom. The van der Waals surface area contributed by atoms with Crippen LogP contribution in [0, 0.1) is 17.7 Å². The van der Waals surface area contributed by atoms with E-state index >= 15 is 0 Å². The fourth-order valence-corrected chi connectivity index (χ4v) is 6.21. The number of benzene rings is 2. The molecule has 2 N–H and O–H groups in total. The summed E-state index contributed by atoms with van der Waals surface area (Å²) in [4.78, 5) is 12.4. The van der Waals surface area contributed by atoms with Gasteiger partial charge < -0.3 is 19.9 Å². The van der Waals surface area contributed by atoms with E-state index in [-0.39, 0.29) is 17.7 Å². The number of nitrogens with one attached hydrogen (secondary N) is 1. The van der Waals surface area contributed by atoms with Gasteiger partial charge in [-0.05, 0) is 104 Å². The Bertz CT molecular complexity index is 993. The molecule has 0 aliphatic heterocycles. The van der Waals surface area contributed by atoms with Crippen LogP contribution in [0.2, 0.25) is 0 Å². The van der Waals surface area contributed by atoms with Gasteiger partial charge in [-0.15, -0.1) is 0 Å². The highest BCUT2D eigenvalue weighted by Crippen LogP contribution is 2.51. The van der Waals surface area contributed by atoms with Crippen molar-refractivity contribution in [2.45, 2.75) is 77.2 Å². The number of hydrogen-bond donors (Lipinski definition) is 2. The maximum atomic E-state index is 14.0. The molecule has 204 valence electrons. The van der Waals surface area contributed by atoms with E-state index in [1.165, 1.54) is 18.7 Å². The smallest absolute Gasteiger partial charge is 0.333 e. The molecule has 0 spiro atoms. The first-order chi connectivity index (χ1) is 17.8. The van der Waals surface area contributed by atoms with Crippen LogP contribution < -0.4 is 10.1 Å². The van der Waals surface area contributed by atoms with Crippen molar-refractivity contribution in [3.8, 4) is 5.75 Å². The molecule has 2 aromatic rings. The van der Waals surface area contributed by atoms with Crippen molar-refractivity contribution in [3.63, 3.8) is 0 Å². The molecule has 1 aliphatic rings. The third-order valence-corrected chi connectivity index (χ3v) is 8.00. The van der Waals surface area contributed by atoms with Crippen LogP contribution in [0.4, 0.5) is 4.39 Å². The lowest BCUT2D eigenvalue weighted by atomic mass is 9.54. The number of fused-ring (bicyclic) bond motifs is 1. The number of unbranched alkanes of at least 4 members (excludes halogenated alkanes) is 1. The van der Waals surface area contributed by atoms with E-state index in [0.717, 1.165) is 81.5 Å². The molecule has 37 heavy (non-hydrogen) atoms. The van der Waals surface area contributed by atoms with E-state index in [0.29, 0.717) is 0 Å². The summed E-state index contributed by atoms with van der Waals surface area (Å²) in [5.41, 5.74) is 2.41. The fraction of sp³-hybridized carbons (Fsp3) is 0.581. The second kappa shape index (κ2) is 13.9. The maximum absolute atomic E-state index is 14.0. The molecule has 3 atom stereocenters. The van der Waals surface area contributed by atoms with Crippen LogP contribution in [0.1, 0.15) is 69.6 Å². The van der Waals surface area contributed by atoms with Gasteiger partial charge >= 0.3 is 5.97 Å². The Labute approximate surface area is 221 Å². The lowest BCUT2D eigenvalue weighted by Crippen LogP contribution is -2.56. The van der Waals surface area contributed by atoms with E-state index in [4.69, 9.17) is 9.47 Å². The third-order valence-electron chi connectivity index (χ3n) is 8.00. The van der Waals surface area contributed by atoms with Crippen molar-refractivity contribution in [2.75, 3.05) is 26.8 Å². The highest BCUT2D eigenvalue weighted by Gasteiger charge is 2.54. The van der Waals surface area contributed by atoms with Crippen LogP contribution in [0.15, 0.2) is 42.5 Å². The first kappa shape index (κ1) is 29.1. The van der Waals surface area contributed by atoms with E-state index in [2.05, 4.69) is 38.2 Å². The van der Waals surface area contributed by atoms with Crippen molar-refractivity contribution < 1.29 is 23.8 Å². The number of carbonyl (C=O) groups is 1. The lowest BCUT2D eigenvalue weighted by Gasteiger charge is -2.51. The standard InChI is InChI=1S/C31H44FNO4/c1-5-6-20-37-27-14-9-23(10-15-27)8-7-18-33-19-17-25-12-11-24-21-26(32)13-16-28(24)31(25,22(2)3)29(36-4)30(34)35/h9-10,13-16,21-22,25,29,33H,5-8,11-12,17-20H2,1-4H3,(H,34,35). The predicted octanol–water partition coefficient (Wildman–Crippen LogP) is 6.17. The summed E-state index contributed by atoms with van der Waals surface area (Å²) in [5, 5.41) is 13.7. The number of halogens is 1. The highest BCUT2D eigenvalue weighted by atomic mass is 19.1. The van der Waals surface area contributed by atoms with Crippen molar-refractivity contribution in [3.05, 3.63) is 65.0 Å². The minimum atomic E-state index is -0.990. The summed E-state index contributed by atoms with van der Waals surface area (Å²) < 4.78 is 25.4. The summed E-state index contributed by atoms with van der Waals surface area (Å²) in [6.07, 6.45) is 5.63. The lowest BCUT2D eigenvalue weighted by molar-refractivity contribution is -0.158. The van der Waals surface area contributed by atoms with Crippen LogP contribution in [-0.4, -0.2) is 44.0 Å². The van der Waals surface area contributed by atoms with Gasteiger partial charge in [-0.3, -0.25) is 0 Å². The third kappa shape index (κ3) is 6.91. The van der Waals surface area contributed by atoms with Crippen LogP contribution in [0.3, 0.4) is 0 Å². The second-order valence-corrected chi connectivity index (χ2v) is 10.6. The zero-order valence-corrected chi connectivity index (χ0v) is 22.9. The monoisotopic (exact) mass is 513 g/mol. The van der Waals surface area contributed by atoms with Gasteiger partial charge in [0.1, 0.15) is 11.6 Å². The zero-order valence-electron chi connectivity index (χ0n) is 22.9. The Morgan fingerprint density at radius 1 is 1.16 bits per heavy atom. The molecule has 0 fully saturated rings. The normalized spacial score (nSPS) is 20.0. The molecule has 0 amide bonds. The van der Waals surface area contributed by atoms with Gasteiger partial charge in [-0.1, -0.05) is 45.4 Å². The minimum absolute atomic E-state index is 0.0111. The van der Waals surface area contributed by atoms with E-state index in [9.17, 15) is 14.3 Å². The Hall–Kier alpha value is -2.44. The SMILES string of the molecule is CCCCOc1ccc(CCCNCCC2CCc3cc(F)ccc3C2(C(C)C)C(OC)C(=O)O)cc1. The second-order valence-electron chi connectivity index (χ2n) is 10.6. The molecule has 5 nitrogen and oxygen atoms in total. The molecule has 3 rings (SSSR count). The molecular formula is C31H44FNO4. The van der Waals surface area contributed by atoms with Crippen molar-refractivity contribution in [2.24, 2.45) is 11.8 Å². The summed E-state index contributed by atoms with van der Waals surface area (Å²) in [5.74, 6) is -0.194. The molecular weight excluding hydrogens is 469 g/mol. The molecule has 0 radical (unpaired) electrons. The fourth-order valence-electron chi connectivity index (χ4n) is 6.21. The molecule has 0 saturated heterocycles. The zero-order chi connectivity index (χ0) is 26.8. The molecule has 3 unspecified atom stereocenters. The minimum Gasteiger partial charge on any atom is -0.494 e. The quantitative estimate of drug-likeness (QED) is 0.279. The van der Waals surface area contributed by atoms with Gasteiger partial charge in [0.15, 0.2) is 6.10 Å². The van der Waals surface area contributed by atoms with Gasteiger partial charge in [-0.2, -0.15) is 0 Å².